The van der Waals surface area contributed by atoms with Crippen LogP contribution in [0.15, 0.2) is 54.9 Å². The first kappa shape index (κ1) is 16.1. The van der Waals surface area contributed by atoms with Gasteiger partial charge in [-0.25, -0.2) is 14.4 Å². The van der Waals surface area contributed by atoms with Crippen LogP contribution < -0.4 is 9.47 Å². The van der Waals surface area contributed by atoms with E-state index in [2.05, 4.69) is 9.97 Å². The van der Waals surface area contributed by atoms with E-state index in [0.717, 1.165) is 10.9 Å². The average molecular weight is 328 g/mol. The van der Waals surface area contributed by atoms with Gasteiger partial charge in [-0.15, -0.1) is 0 Å². The zero-order valence-corrected chi connectivity index (χ0v) is 13.0. The van der Waals surface area contributed by atoms with Gasteiger partial charge < -0.3 is 14.2 Å². The summed E-state index contributed by atoms with van der Waals surface area (Å²) in [6.07, 6.45) is 1.47. The van der Waals surface area contributed by atoms with Gasteiger partial charge in [0.2, 0.25) is 5.88 Å². The van der Waals surface area contributed by atoms with Crippen LogP contribution in [0.25, 0.3) is 10.9 Å². The molecule has 0 aliphatic carbocycles. The van der Waals surface area contributed by atoms with Crippen molar-refractivity contribution in [2.45, 2.75) is 0 Å². The van der Waals surface area contributed by atoms with Gasteiger partial charge in [-0.05, 0) is 24.3 Å². The van der Waals surface area contributed by atoms with Gasteiger partial charge in [-0.1, -0.05) is 24.3 Å². The third-order valence-corrected chi connectivity index (χ3v) is 3.29. The van der Waals surface area contributed by atoms with Crippen molar-refractivity contribution in [3.8, 4) is 11.6 Å². The van der Waals surface area contributed by atoms with Crippen LogP contribution >= 0.6 is 0 Å². The van der Waals surface area contributed by atoms with Gasteiger partial charge >= 0.3 is 0 Å². The second kappa shape index (κ2) is 8.21. The molecular weight excluding hydrogens is 311 g/mol. The first-order chi connectivity index (χ1) is 11.8. The van der Waals surface area contributed by atoms with Crippen LogP contribution in [0.2, 0.25) is 0 Å². The first-order valence-electron chi connectivity index (χ1n) is 7.62. The minimum atomic E-state index is -0.378. The van der Waals surface area contributed by atoms with E-state index >= 15 is 0 Å². The lowest BCUT2D eigenvalue weighted by Gasteiger charge is -2.09. The number of fused-ring (bicyclic) bond motifs is 1. The Labute approximate surface area is 139 Å². The van der Waals surface area contributed by atoms with Gasteiger partial charge in [0.05, 0.1) is 24.1 Å². The Balaban J connectivity index is 1.37. The SMILES string of the molecule is Fc1ccccc1OCCOCCOc1ncnc2ccccc12. The molecule has 0 amide bonds. The molecule has 0 aliphatic heterocycles. The molecule has 5 nitrogen and oxygen atoms in total. The number of hydrogen-bond donors (Lipinski definition) is 0. The lowest BCUT2D eigenvalue weighted by atomic mass is 10.2. The molecule has 0 aliphatic rings. The Hall–Kier alpha value is -2.73. The topological polar surface area (TPSA) is 53.5 Å². The first-order valence-corrected chi connectivity index (χ1v) is 7.62. The standard InChI is InChI=1S/C18H17FN2O3/c19-15-6-2-4-8-17(15)23-11-9-22-10-12-24-18-14-5-1-3-7-16(14)20-13-21-18/h1-8,13H,9-12H2. The van der Waals surface area contributed by atoms with Gasteiger partial charge in [-0.3, -0.25) is 0 Å². The van der Waals surface area contributed by atoms with E-state index in [1.165, 1.54) is 12.4 Å². The van der Waals surface area contributed by atoms with E-state index in [4.69, 9.17) is 14.2 Å². The van der Waals surface area contributed by atoms with E-state index in [0.29, 0.717) is 25.7 Å². The van der Waals surface area contributed by atoms with Crippen LogP contribution in [0.4, 0.5) is 4.39 Å². The van der Waals surface area contributed by atoms with Crippen LogP contribution in [-0.4, -0.2) is 36.4 Å². The molecule has 0 saturated heterocycles. The molecule has 2 aromatic carbocycles. The fourth-order valence-corrected chi connectivity index (χ4v) is 2.17. The second-order valence-electron chi connectivity index (χ2n) is 4.94. The van der Waals surface area contributed by atoms with Gasteiger partial charge in [0.1, 0.15) is 19.5 Å². The van der Waals surface area contributed by atoms with Crippen LogP contribution in [0.5, 0.6) is 11.6 Å². The summed E-state index contributed by atoms with van der Waals surface area (Å²) in [5, 5.41) is 0.864. The third-order valence-electron chi connectivity index (χ3n) is 3.29. The van der Waals surface area contributed by atoms with Gasteiger partial charge in [0.15, 0.2) is 11.6 Å². The molecule has 0 N–H and O–H groups in total. The van der Waals surface area contributed by atoms with Gasteiger partial charge in [0.25, 0.3) is 0 Å². The number of halogens is 1. The number of ether oxygens (including phenoxy) is 3. The second-order valence-corrected chi connectivity index (χ2v) is 4.94. The summed E-state index contributed by atoms with van der Waals surface area (Å²) in [5.41, 5.74) is 0.835. The summed E-state index contributed by atoms with van der Waals surface area (Å²) in [5.74, 6) is 0.382. The zero-order valence-electron chi connectivity index (χ0n) is 13.0. The summed E-state index contributed by atoms with van der Waals surface area (Å²) >= 11 is 0. The average Bonchev–Trinajstić information content (AvgIpc) is 2.62. The fraction of sp³-hybridized carbons (Fsp3) is 0.222. The lowest BCUT2D eigenvalue weighted by Crippen LogP contribution is -2.13. The highest BCUT2D eigenvalue weighted by Crippen LogP contribution is 2.20. The van der Waals surface area contributed by atoms with E-state index in [1.807, 2.05) is 24.3 Å². The van der Waals surface area contributed by atoms with Crippen LogP contribution in [-0.2, 0) is 4.74 Å². The molecule has 0 radical (unpaired) electrons. The number of rotatable bonds is 8. The molecule has 24 heavy (non-hydrogen) atoms. The van der Waals surface area contributed by atoms with Crippen molar-refractivity contribution in [3.05, 3.63) is 60.7 Å². The Morgan fingerprint density at radius 1 is 0.792 bits per heavy atom. The summed E-state index contributed by atoms with van der Waals surface area (Å²) in [6, 6.07) is 13.9. The predicted octanol–water partition coefficient (Wildman–Crippen LogP) is 3.24. The predicted molar refractivity (Wildman–Crippen MR) is 87.7 cm³/mol. The van der Waals surface area contributed by atoms with Crippen molar-refractivity contribution in [1.82, 2.24) is 9.97 Å². The van der Waals surface area contributed by atoms with Crippen LogP contribution in [0.3, 0.4) is 0 Å². The number of para-hydroxylation sites is 2. The summed E-state index contributed by atoms with van der Waals surface area (Å²) < 4.78 is 29.7. The molecule has 6 heteroatoms. The third kappa shape index (κ3) is 4.17. The fourth-order valence-electron chi connectivity index (χ4n) is 2.17. The molecular formula is C18H17FN2O3. The monoisotopic (exact) mass is 328 g/mol. The quantitative estimate of drug-likeness (QED) is 0.594. The number of hydrogen-bond acceptors (Lipinski definition) is 5. The van der Waals surface area contributed by atoms with Crippen molar-refractivity contribution in [3.63, 3.8) is 0 Å². The highest BCUT2D eigenvalue weighted by molar-refractivity contribution is 5.82. The number of benzene rings is 2. The smallest absolute Gasteiger partial charge is 0.224 e. The van der Waals surface area contributed by atoms with E-state index < -0.39 is 0 Å². The summed E-state index contributed by atoms with van der Waals surface area (Å²) in [7, 11) is 0. The summed E-state index contributed by atoms with van der Waals surface area (Å²) in [4.78, 5) is 8.31. The summed E-state index contributed by atoms with van der Waals surface area (Å²) in [6.45, 7) is 1.37. The zero-order chi connectivity index (χ0) is 16.6. The Kier molecular flexibility index (Phi) is 5.52. The number of nitrogens with zero attached hydrogens (tertiary/aromatic N) is 2. The van der Waals surface area contributed by atoms with Gasteiger partial charge in [-0.2, -0.15) is 0 Å². The minimum absolute atomic E-state index is 0.227. The van der Waals surface area contributed by atoms with Crippen molar-refractivity contribution >= 4 is 10.9 Å². The molecule has 1 aromatic heterocycles. The van der Waals surface area contributed by atoms with Crippen molar-refractivity contribution in [2.24, 2.45) is 0 Å². The molecule has 0 fully saturated rings. The lowest BCUT2D eigenvalue weighted by molar-refractivity contribution is 0.0747. The molecule has 0 saturated carbocycles. The highest BCUT2D eigenvalue weighted by Gasteiger charge is 2.04. The Morgan fingerprint density at radius 3 is 2.42 bits per heavy atom. The maximum absolute atomic E-state index is 13.3. The molecule has 0 unspecified atom stereocenters. The normalized spacial score (nSPS) is 10.7. The Bertz CT molecular complexity index is 793. The molecule has 0 atom stereocenters. The van der Waals surface area contributed by atoms with Crippen molar-refractivity contribution < 1.29 is 18.6 Å². The molecule has 124 valence electrons. The molecule has 0 spiro atoms. The Morgan fingerprint density at radius 2 is 1.54 bits per heavy atom. The van der Waals surface area contributed by atoms with E-state index in [-0.39, 0.29) is 18.2 Å². The largest absolute Gasteiger partial charge is 0.488 e. The van der Waals surface area contributed by atoms with Crippen molar-refractivity contribution in [2.75, 3.05) is 26.4 Å². The molecule has 3 aromatic rings. The molecule has 3 rings (SSSR count). The van der Waals surface area contributed by atoms with E-state index in [1.54, 1.807) is 18.2 Å². The molecule has 0 bridgehead atoms. The van der Waals surface area contributed by atoms with Gasteiger partial charge in [0, 0.05) is 0 Å². The maximum atomic E-state index is 13.3. The molecule has 1 heterocycles. The van der Waals surface area contributed by atoms with Crippen LogP contribution in [0, 0.1) is 5.82 Å². The number of aromatic nitrogens is 2. The van der Waals surface area contributed by atoms with Crippen molar-refractivity contribution in [1.29, 1.82) is 0 Å². The van der Waals surface area contributed by atoms with E-state index in [9.17, 15) is 4.39 Å². The van der Waals surface area contributed by atoms with Crippen LogP contribution in [0.1, 0.15) is 0 Å². The minimum Gasteiger partial charge on any atom is -0.488 e. The maximum Gasteiger partial charge on any atom is 0.224 e. The highest BCUT2D eigenvalue weighted by atomic mass is 19.1.